The quantitative estimate of drug-likeness (QED) is 0.535. The van der Waals surface area contributed by atoms with E-state index in [9.17, 15) is 4.39 Å². The van der Waals surface area contributed by atoms with Gasteiger partial charge in [-0.3, -0.25) is 0 Å². The van der Waals surface area contributed by atoms with Crippen molar-refractivity contribution < 1.29 is 9.13 Å². The summed E-state index contributed by atoms with van der Waals surface area (Å²) in [7, 11) is 0. The normalized spacial score (nSPS) is 17.5. The second kappa shape index (κ2) is 7.66. The van der Waals surface area contributed by atoms with E-state index in [0.717, 1.165) is 35.5 Å². The topological polar surface area (TPSA) is 51.4 Å². The lowest BCUT2D eigenvalue weighted by atomic mass is 9.69. The first kappa shape index (κ1) is 20.6. The molecule has 1 saturated heterocycles. The van der Waals surface area contributed by atoms with Gasteiger partial charge in [-0.05, 0) is 37.1 Å². The molecule has 164 valence electrons. The average Bonchev–Trinajstić information content (AvgIpc) is 3.32. The Balaban J connectivity index is 1.56. The molecule has 1 fully saturated rings. The van der Waals surface area contributed by atoms with Crippen molar-refractivity contribution in [1.29, 1.82) is 0 Å². The maximum absolute atomic E-state index is 14.7. The van der Waals surface area contributed by atoms with Gasteiger partial charge in [-0.2, -0.15) is 0 Å². The summed E-state index contributed by atoms with van der Waals surface area (Å²) < 4.78 is 20.7. The number of aromatic nitrogens is 1. The number of allylic oxidation sites excluding steroid dienone is 1. The Morgan fingerprint density at radius 1 is 1.06 bits per heavy atom. The maximum Gasteiger partial charge on any atom is 0.223 e. The molecule has 3 aromatic rings. The van der Waals surface area contributed by atoms with Gasteiger partial charge in [0.15, 0.2) is 11.6 Å². The summed E-state index contributed by atoms with van der Waals surface area (Å²) in [6, 6.07) is 17.5. The molecule has 0 amide bonds. The highest BCUT2D eigenvalue weighted by molar-refractivity contribution is 5.66. The molecule has 1 atom stereocenters. The van der Waals surface area contributed by atoms with Crippen molar-refractivity contribution in [3.8, 4) is 22.9 Å². The van der Waals surface area contributed by atoms with Crippen molar-refractivity contribution in [3.05, 3.63) is 83.8 Å². The van der Waals surface area contributed by atoms with Crippen molar-refractivity contribution in [1.82, 2.24) is 4.98 Å². The van der Waals surface area contributed by atoms with Crippen LogP contribution in [-0.4, -0.2) is 18.1 Å². The van der Waals surface area contributed by atoms with E-state index in [1.807, 2.05) is 32.0 Å². The number of ether oxygens (including phenoxy) is 1. The number of nitrogens with two attached hydrogens (primary N) is 1. The van der Waals surface area contributed by atoms with E-state index in [1.165, 1.54) is 24.6 Å². The molecule has 0 radical (unpaired) electrons. The zero-order valence-corrected chi connectivity index (χ0v) is 18.6. The van der Waals surface area contributed by atoms with Gasteiger partial charge in [-0.1, -0.05) is 50.8 Å². The van der Waals surface area contributed by atoms with Crippen molar-refractivity contribution in [3.63, 3.8) is 0 Å². The van der Waals surface area contributed by atoms with Gasteiger partial charge in [0.1, 0.15) is 0 Å². The van der Waals surface area contributed by atoms with Crippen LogP contribution in [0.2, 0.25) is 0 Å². The number of hydrogen-bond donors (Lipinski definition) is 1. The monoisotopic (exact) mass is 429 g/mol. The number of rotatable bonds is 4. The molecule has 4 nitrogen and oxygen atoms in total. The lowest BCUT2D eigenvalue weighted by Gasteiger charge is -2.39. The van der Waals surface area contributed by atoms with Crippen molar-refractivity contribution in [2.45, 2.75) is 32.6 Å². The molecular weight excluding hydrogens is 401 g/mol. The molecule has 5 heteroatoms. The number of para-hydroxylation sites is 1. The SMILES string of the molecule is C=C(N)C(C)(C)[C@@H]1c2ccc(-c3ccc(N4CCCC4)cc3)nc2Oc2c(F)cccc21. The fourth-order valence-corrected chi connectivity index (χ4v) is 4.82. The van der Waals surface area contributed by atoms with E-state index >= 15 is 0 Å². The fraction of sp³-hybridized carbons (Fsp3) is 0.296. The first-order chi connectivity index (χ1) is 15.4. The van der Waals surface area contributed by atoms with E-state index in [2.05, 4.69) is 35.7 Å². The smallest absolute Gasteiger partial charge is 0.223 e. The Hall–Kier alpha value is -3.34. The fourth-order valence-electron chi connectivity index (χ4n) is 4.82. The second-order valence-corrected chi connectivity index (χ2v) is 9.27. The van der Waals surface area contributed by atoms with Crippen LogP contribution < -0.4 is 15.4 Å². The van der Waals surface area contributed by atoms with Gasteiger partial charge in [0.25, 0.3) is 0 Å². The first-order valence-electron chi connectivity index (χ1n) is 11.1. The molecule has 2 aromatic carbocycles. The molecule has 1 aromatic heterocycles. The summed E-state index contributed by atoms with van der Waals surface area (Å²) in [6.45, 7) is 10.3. The van der Waals surface area contributed by atoms with Crippen molar-refractivity contribution in [2.75, 3.05) is 18.0 Å². The zero-order valence-electron chi connectivity index (χ0n) is 18.6. The molecule has 0 spiro atoms. The maximum atomic E-state index is 14.7. The predicted molar refractivity (Wildman–Crippen MR) is 127 cm³/mol. The average molecular weight is 430 g/mol. The van der Waals surface area contributed by atoms with E-state index in [1.54, 1.807) is 6.07 Å². The molecule has 2 aliphatic heterocycles. The molecule has 0 bridgehead atoms. The number of fused-ring (bicyclic) bond motifs is 2. The van der Waals surface area contributed by atoms with Gasteiger partial charge in [-0.15, -0.1) is 0 Å². The lowest BCUT2D eigenvalue weighted by Crippen LogP contribution is -2.31. The van der Waals surface area contributed by atoms with Gasteiger partial charge in [-0.25, -0.2) is 9.37 Å². The third-order valence-corrected chi connectivity index (χ3v) is 6.89. The predicted octanol–water partition coefficient (Wildman–Crippen LogP) is 6.22. The van der Waals surface area contributed by atoms with Gasteiger partial charge < -0.3 is 15.4 Å². The van der Waals surface area contributed by atoms with E-state index < -0.39 is 11.2 Å². The Morgan fingerprint density at radius 3 is 2.47 bits per heavy atom. The minimum absolute atomic E-state index is 0.214. The molecule has 2 aliphatic rings. The van der Waals surface area contributed by atoms with Crippen LogP contribution in [0.15, 0.2) is 66.9 Å². The van der Waals surface area contributed by atoms with Crippen LogP contribution in [-0.2, 0) is 0 Å². The van der Waals surface area contributed by atoms with Crippen LogP contribution >= 0.6 is 0 Å². The molecular formula is C27H28FN3O. The summed E-state index contributed by atoms with van der Waals surface area (Å²) in [6.07, 6.45) is 2.49. The molecule has 3 heterocycles. The molecule has 0 unspecified atom stereocenters. The summed E-state index contributed by atoms with van der Waals surface area (Å²) in [5.41, 5.74) is 10.9. The standard InChI is InChI=1S/C27H28FN3O/c1-17(29)27(2,3)24-20-7-6-8-22(28)25(20)32-26-21(24)13-14-23(30-26)18-9-11-19(12-10-18)31-15-4-5-16-31/h6-14,24H,1,4-5,15-16,29H2,2-3H3/t24-/m0/s1. The lowest BCUT2D eigenvalue weighted by molar-refractivity contribution is 0.328. The first-order valence-corrected chi connectivity index (χ1v) is 11.1. The van der Waals surface area contributed by atoms with Crippen LogP contribution in [0.1, 0.15) is 43.7 Å². The molecule has 2 N–H and O–H groups in total. The van der Waals surface area contributed by atoms with Gasteiger partial charge in [0, 0.05) is 52.5 Å². The Kier molecular flexibility index (Phi) is 4.92. The van der Waals surface area contributed by atoms with E-state index in [-0.39, 0.29) is 11.7 Å². The van der Waals surface area contributed by atoms with Gasteiger partial charge in [0.05, 0.1) is 5.69 Å². The van der Waals surface area contributed by atoms with E-state index in [4.69, 9.17) is 15.5 Å². The van der Waals surface area contributed by atoms with Gasteiger partial charge in [0.2, 0.25) is 5.88 Å². The summed E-state index contributed by atoms with van der Waals surface area (Å²) >= 11 is 0. The van der Waals surface area contributed by atoms with Crippen molar-refractivity contribution in [2.24, 2.45) is 11.1 Å². The molecule has 0 saturated carbocycles. The Bertz CT molecular complexity index is 1180. The van der Waals surface area contributed by atoms with Crippen LogP contribution in [0.5, 0.6) is 11.6 Å². The highest BCUT2D eigenvalue weighted by Crippen LogP contribution is 2.53. The molecule has 0 aliphatic carbocycles. The van der Waals surface area contributed by atoms with Crippen LogP contribution in [0.3, 0.4) is 0 Å². The summed E-state index contributed by atoms with van der Waals surface area (Å²) in [5.74, 6) is 0.0173. The number of hydrogen-bond acceptors (Lipinski definition) is 4. The number of pyridine rings is 1. The zero-order chi connectivity index (χ0) is 22.5. The third kappa shape index (κ3) is 3.32. The number of halogens is 1. The second-order valence-electron chi connectivity index (χ2n) is 9.27. The third-order valence-electron chi connectivity index (χ3n) is 6.89. The highest BCUT2D eigenvalue weighted by atomic mass is 19.1. The minimum Gasteiger partial charge on any atom is -0.435 e. The highest BCUT2D eigenvalue weighted by Gasteiger charge is 2.41. The number of anilines is 1. The largest absolute Gasteiger partial charge is 0.435 e. The Labute approximate surface area is 188 Å². The Morgan fingerprint density at radius 2 is 1.78 bits per heavy atom. The van der Waals surface area contributed by atoms with Crippen LogP contribution in [0, 0.1) is 11.2 Å². The van der Waals surface area contributed by atoms with Gasteiger partial charge >= 0.3 is 0 Å². The van der Waals surface area contributed by atoms with E-state index in [0.29, 0.717) is 11.6 Å². The summed E-state index contributed by atoms with van der Waals surface area (Å²) in [4.78, 5) is 7.20. The molecule has 5 rings (SSSR count). The van der Waals surface area contributed by atoms with Crippen LogP contribution in [0.25, 0.3) is 11.3 Å². The number of benzene rings is 2. The minimum atomic E-state index is -0.512. The van der Waals surface area contributed by atoms with Crippen LogP contribution in [0.4, 0.5) is 10.1 Å². The number of nitrogens with zero attached hydrogens (tertiary/aromatic N) is 2. The van der Waals surface area contributed by atoms with Crippen molar-refractivity contribution >= 4 is 5.69 Å². The summed E-state index contributed by atoms with van der Waals surface area (Å²) in [5, 5.41) is 0. The molecule has 32 heavy (non-hydrogen) atoms.